The van der Waals surface area contributed by atoms with Gasteiger partial charge < -0.3 is 14.8 Å². The standard InChI is InChI=1S/C12H18N2O4S/c1-19(15,16)14-6-2-5-13-8-10-3-4-11-12(7-10)18-9-17-11/h3-4,7,13-14H,2,5-6,8-9H2,1H3. The summed E-state index contributed by atoms with van der Waals surface area (Å²) >= 11 is 0. The molecule has 0 fully saturated rings. The first-order valence-corrected chi connectivity index (χ1v) is 7.97. The van der Waals surface area contributed by atoms with Crippen LogP contribution in [0.25, 0.3) is 0 Å². The van der Waals surface area contributed by atoms with E-state index in [1.165, 1.54) is 0 Å². The Bertz CT molecular complexity index is 531. The minimum Gasteiger partial charge on any atom is -0.454 e. The lowest BCUT2D eigenvalue weighted by Gasteiger charge is -2.06. The molecule has 0 spiro atoms. The summed E-state index contributed by atoms with van der Waals surface area (Å²) in [5, 5.41) is 3.25. The molecule has 0 bridgehead atoms. The second-order valence-electron chi connectivity index (χ2n) is 4.38. The largest absolute Gasteiger partial charge is 0.454 e. The molecule has 0 amide bonds. The third-order valence-electron chi connectivity index (χ3n) is 2.66. The highest BCUT2D eigenvalue weighted by Gasteiger charge is 2.12. The van der Waals surface area contributed by atoms with Gasteiger partial charge in [-0.25, -0.2) is 13.1 Å². The lowest BCUT2D eigenvalue weighted by Crippen LogP contribution is -2.26. The van der Waals surface area contributed by atoms with Crippen LogP contribution in [0.4, 0.5) is 0 Å². The van der Waals surface area contributed by atoms with Crippen LogP contribution in [0, 0.1) is 0 Å². The van der Waals surface area contributed by atoms with E-state index in [2.05, 4.69) is 10.0 Å². The zero-order chi connectivity index (χ0) is 13.7. The Morgan fingerprint density at radius 1 is 1.21 bits per heavy atom. The van der Waals surface area contributed by atoms with E-state index in [1.807, 2.05) is 18.2 Å². The number of ether oxygens (including phenoxy) is 2. The maximum absolute atomic E-state index is 10.8. The van der Waals surface area contributed by atoms with Crippen LogP contribution >= 0.6 is 0 Å². The van der Waals surface area contributed by atoms with E-state index in [1.54, 1.807) is 0 Å². The Labute approximate surface area is 113 Å². The van der Waals surface area contributed by atoms with E-state index in [-0.39, 0.29) is 6.79 Å². The fraction of sp³-hybridized carbons (Fsp3) is 0.500. The minimum atomic E-state index is -3.08. The monoisotopic (exact) mass is 286 g/mol. The number of nitrogens with one attached hydrogen (secondary N) is 2. The van der Waals surface area contributed by atoms with E-state index >= 15 is 0 Å². The highest BCUT2D eigenvalue weighted by molar-refractivity contribution is 7.88. The van der Waals surface area contributed by atoms with Gasteiger partial charge in [0.1, 0.15) is 0 Å². The molecule has 0 saturated carbocycles. The van der Waals surface area contributed by atoms with Crippen molar-refractivity contribution in [2.75, 3.05) is 26.1 Å². The van der Waals surface area contributed by atoms with Crippen LogP contribution in [0.2, 0.25) is 0 Å². The fourth-order valence-corrected chi connectivity index (χ4v) is 2.27. The van der Waals surface area contributed by atoms with Crippen molar-refractivity contribution >= 4 is 10.0 Å². The first-order valence-electron chi connectivity index (χ1n) is 6.08. The van der Waals surface area contributed by atoms with Gasteiger partial charge in [0.15, 0.2) is 11.5 Å². The lowest BCUT2D eigenvalue weighted by atomic mass is 10.2. The Kier molecular flexibility index (Phi) is 4.62. The second-order valence-corrected chi connectivity index (χ2v) is 6.22. The maximum atomic E-state index is 10.8. The highest BCUT2D eigenvalue weighted by Crippen LogP contribution is 2.32. The topological polar surface area (TPSA) is 76.7 Å². The Morgan fingerprint density at radius 3 is 2.79 bits per heavy atom. The quantitative estimate of drug-likeness (QED) is 0.712. The molecule has 0 aromatic heterocycles. The van der Waals surface area contributed by atoms with Crippen molar-refractivity contribution in [3.05, 3.63) is 23.8 Å². The molecule has 0 radical (unpaired) electrons. The summed E-state index contributed by atoms with van der Waals surface area (Å²) in [7, 11) is -3.08. The number of benzene rings is 1. The van der Waals surface area contributed by atoms with Gasteiger partial charge in [-0.3, -0.25) is 0 Å². The van der Waals surface area contributed by atoms with Gasteiger partial charge in [0.25, 0.3) is 0 Å². The Morgan fingerprint density at radius 2 is 2.00 bits per heavy atom. The van der Waals surface area contributed by atoms with Crippen LogP contribution in [0.5, 0.6) is 11.5 Å². The van der Waals surface area contributed by atoms with Crippen molar-refractivity contribution in [2.45, 2.75) is 13.0 Å². The van der Waals surface area contributed by atoms with Gasteiger partial charge in [0.2, 0.25) is 16.8 Å². The molecule has 1 aliphatic rings. The summed E-state index contributed by atoms with van der Waals surface area (Å²) in [6, 6.07) is 5.82. The van der Waals surface area contributed by atoms with Crippen molar-refractivity contribution in [3.8, 4) is 11.5 Å². The molecule has 2 rings (SSSR count). The minimum absolute atomic E-state index is 0.281. The molecule has 0 saturated heterocycles. The average molecular weight is 286 g/mol. The highest BCUT2D eigenvalue weighted by atomic mass is 32.2. The number of rotatable bonds is 7. The van der Waals surface area contributed by atoms with E-state index in [9.17, 15) is 8.42 Å². The molecule has 1 heterocycles. The Hall–Kier alpha value is -1.31. The normalized spacial score (nSPS) is 13.7. The summed E-state index contributed by atoms with van der Waals surface area (Å²) in [6.07, 6.45) is 1.91. The van der Waals surface area contributed by atoms with E-state index in [4.69, 9.17) is 9.47 Å². The van der Waals surface area contributed by atoms with Gasteiger partial charge in [-0.1, -0.05) is 6.07 Å². The molecule has 1 aromatic carbocycles. The van der Waals surface area contributed by atoms with Gasteiger partial charge in [-0.05, 0) is 30.7 Å². The fourth-order valence-electron chi connectivity index (χ4n) is 1.75. The van der Waals surface area contributed by atoms with Gasteiger partial charge in [-0.2, -0.15) is 0 Å². The van der Waals surface area contributed by atoms with Crippen molar-refractivity contribution in [2.24, 2.45) is 0 Å². The molecule has 2 N–H and O–H groups in total. The van der Waals surface area contributed by atoms with Crippen LogP contribution < -0.4 is 19.5 Å². The molecule has 106 valence electrons. The first-order chi connectivity index (χ1) is 9.04. The van der Waals surface area contributed by atoms with Crippen LogP contribution in [0.3, 0.4) is 0 Å². The third-order valence-corrected chi connectivity index (χ3v) is 3.39. The SMILES string of the molecule is CS(=O)(=O)NCCCNCc1ccc2c(c1)OCO2. The van der Waals surface area contributed by atoms with Crippen molar-refractivity contribution in [3.63, 3.8) is 0 Å². The van der Waals surface area contributed by atoms with E-state index in [0.717, 1.165) is 42.8 Å². The number of sulfonamides is 1. The number of hydrogen-bond acceptors (Lipinski definition) is 5. The number of hydrogen-bond donors (Lipinski definition) is 2. The van der Waals surface area contributed by atoms with Gasteiger partial charge in [0.05, 0.1) is 6.26 Å². The van der Waals surface area contributed by atoms with Gasteiger partial charge in [-0.15, -0.1) is 0 Å². The van der Waals surface area contributed by atoms with Crippen molar-refractivity contribution < 1.29 is 17.9 Å². The number of fused-ring (bicyclic) bond motifs is 1. The van der Waals surface area contributed by atoms with Gasteiger partial charge >= 0.3 is 0 Å². The van der Waals surface area contributed by atoms with Crippen LogP contribution in [-0.4, -0.2) is 34.6 Å². The molecule has 6 nitrogen and oxygen atoms in total. The zero-order valence-electron chi connectivity index (χ0n) is 10.8. The molecule has 0 aliphatic carbocycles. The molecular weight excluding hydrogens is 268 g/mol. The van der Waals surface area contributed by atoms with Crippen molar-refractivity contribution in [1.82, 2.24) is 10.0 Å². The van der Waals surface area contributed by atoms with Crippen LogP contribution in [0.1, 0.15) is 12.0 Å². The molecular formula is C12H18N2O4S. The summed E-state index contributed by atoms with van der Waals surface area (Å²) in [4.78, 5) is 0. The summed E-state index contributed by atoms with van der Waals surface area (Å²) in [5.74, 6) is 1.55. The Balaban J connectivity index is 1.66. The lowest BCUT2D eigenvalue weighted by molar-refractivity contribution is 0.174. The maximum Gasteiger partial charge on any atom is 0.231 e. The van der Waals surface area contributed by atoms with Crippen LogP contribution in [-0.2, 0) is 16.6 Å². The summed E-state index contributed by atoms with van der Waals surface area (Å²) in [6.45, 7) is 2.20. The molecule has 0 unspecified atom stereocenters. The van der Waals surface area contributed by atoms with Crippen molar-refractivity contribution in [1.29, 1.82) is 0 Å². The summed E-state index contributed by atoms with van der Waals surface area (Å²) < 4.78 is 34.7. The predicted octanol–water partition coefficient (Wildman–Crippen LogP) is 0.444. The summed E-state index contributed by atoms with van der Waals surface area (Å²) in [5.41, 5.74) is 1.11. The van der Waals surface area contributed by atoms with E-state index in [0.29, 0.717) is 6.54 Å². The van der Waals surface area contributed by atoms with E-state index < -0.39 is 10.0 Å². The molecule has 19 heavy (non-hydrogen) atoms. The zero-order valence-corrected chi connectivity index (χ0v) is 11.6. The smallest absolute Gasteiger partial charge is 0.231 e. The van der Waals surface area contributed by atoms with Gasteiger partial charge in [0, 0.05) is 13.1 Å². The van der Waals surface area contributed by atoms with Crippen LogP contribution in [0.15, 0.2) is 18.2 Å². The second kappa shape index (κ2) is 6.23. The molecule has 1 aliphatic heterocycles. The molecule has 1 aromatic rings. The predicted molar refractivity (Wildman–Crippen MR) is 71.7 cm³/mol. The molecule has 7 heteroatoms. The average Bonchev–Trinajstić information content (AvgIpc) is 2.79. The first kappa shape index (κ1) is 14.1. The third kappa shape index (κ3) is 4.70. The molecule has 0 atom stereocenters.